The van der Waals surface area contributed by atoms with Gasteiger partial charge in [0, 0.05) is 37.4 Å². The molecule has 0 aromatic heterocycles. The molecule has 4 nitrogen and oxygen atoms in total. The Morgan fingerprint density at radius 3 is 2.55 bits per heavy atom. The molecule has 2 fully saturated rings. The number of anilines is 2. The van der Waals surface area contributed by atoms with Gasteiger partial charge in [-0.1, -0.05) is 6.07 Å². The van der Waals surface area contributed by atoms with Gasteiger partial charge in [0.1, 0.15) is 0 Å². The molecular weight excluding hydrogens is 276 g/mol. The smallest absolute Gasteiger partial charge is 0.227 e. The summed E-state index contributed by atoms with van der Waals surface area (Å²) in [6.45, 7) is 2.53. The van der Waals surface area contributed by atoms with E-state index in [1.807, 2.05) is 18.2 Å². The van der Waals surface area contributed by atoms with Crippen LogP contribution in [0.4, 0.5) is 11.4 Å². The minimum Gasteiger partial charge on any atom is -0.371 e. The molecule has 2 aliphatic heterocycles. The van der Waals surface area contributed by atoms with Gasteiger partial charge in [-0.3, -0.25) is 9.59 Å². The molecule has 1 unspecified atom stereocenters. The Hall–Kier alpha value is -1.55. The first-order valence-electron chi connectivity index (χ1n) is 7.00. The third kappa shape index (κ3) is 2.52. The van der Waals surface area contributed by atoms with Crippen molar-refractivity contribution in [1.29, 1.82) is 0 Å². The van der Waals surface area contributed by atoms with Crippen LogP contribution in [0.5, 0.6) is 0 Å². The predicted molar refractivity (Wildman–Crippen MR) is 79.2 cm³/mol. The molecule has 0 N–H and O–H groups in total. The lowest BCUT2D eigenvalue weighted by Gasteiger charge is -2.21. The highest BCUT2D eigenvalue weighted by atomic mass is 35.5. The Morgan fingerprint density at radius 2 is 1.90 bits per heavy atom. The molecule has 0 aliphatic carbocycles. The molecule has 5 heteroatoms. The van der Waals surface area contributed by atoms with E-state index in [4.69, 9.17) is 11.6 Å². The first-order chi connectivity index (χ1) is 9.65. The van der Waals surface area contributed by atoms with Crippen molar-refractivity contribution in [3.05, 3.63) is 24.3 Å². The number of carbonyl (C=O) groups is 2. The minimum absolute atomic E-state index is 0.0254. The zero-order valence-electron chi connectivity index (χ0n) is 11.2. The van der Waals surface area contributed by atoms with Crippen molar-refractivity contribution >= 4 is 34.1 Å². The lowest BCUT2D eigenvalue weighted by atomic mass is 10.1. The third-order valence-electron chi connectivity index (χ3n) is 4.06. The summed E-state index contributed by atoms with van der Waals surface area (Å²) in [7, 11) is 0. The summed E-state index contributed by atoms with van der Waals surface area (Å²) in [4.78, 5) is 27.2. The summed E-state index contributed by atoms with van der Waals surface area (Å²) < 4.78 is 0. The molecule has 0 radical (unpaired) electrons. The van der Waals surface area contributed by atoms with Gasteiger partial charge in [-0.25, -0.2) is 0 Å². The van der Waals surface area contributed by atoms with Crippen molar-refractivity contribution in [2.75, 3.05) is 29.4 Å². The quantitative estimate of drug-likeness (QED) is 0.803. The van der Waals surface area contributed by atoms with Crippen molar-refractivity contribution in [3.63, 3.8) is 0 Å². The molecule has 1 atom stereocenters. The molecule has 2 saturated heterocycles. The van der Waals surface area contributed by atoms with E-state index in [1.54, 1.807) is 4.90 Å². The number of nitrogens with zero attached hydrogens (tertiary/aromatic N) is 2. The van der Waals surface area contributed by atoms with Crippen molar-refractivity contribution in [1.82, 2.24) is 0 Å². The monoisotopic (exact) mass is 292 g/mol. The average Bonchev–Trinajstić information content (AvgIpc) is 3.08. The molecule has 1 amide bonds. The molecule has 1 aromatic carbocycles. The Morgan fingerprint density at radius 1 is 1.20 bits per heavy atom. The molecule has 2 aliphatic rings. The van der Waals surface area contributed by atoms with Crippen molar-refractivity contribution in [3.8, 4) is 0 Å². The Balaban J connectivity index is 1.81. The average molecular weight is 293 g/mol. The van der Waals surface area contributed by atoms with Gasteiger partial charge in [-0.2, -0.15) is 0 Å². The molecule has 0 spiro atoms. The molecule has 106 valence electrons. The van der Waals surface area contributed by atoms with Crippen LogP contribution < -0.4 is 9.80 Å². The number of amides is 1. The van der Waals surface area contributed by atoms with E-state index < -0.39 is 5.24 Å². The van der Waals surface area contributed by atoms with E-state index in [0.29, 0.717) is 6.54 Å². The van der Waals surface area contributed by atoms with Gasteiger partial charge < -0.3 is 9.80 Å². The van der Waals surface area contributed by atoms with E-state index in [-0.39, 0.29) is 18.2 Å². The van der Waals surface area contributed by atoms with Gasteiger partial charge in [-0.05, 0) is 42.6 Å². The molecule has 20 heavy (non-hydrogen) atoms. The number of hydrogen-bond donors (Lipinski definition) is 0. The van der Waals surface area contributed by atoms with E-state index in [1.165, 1.54) is 12.8 Å². The number of hydrogen-bond acceptors (Lipinski definition) is 3. The van der Waals surface area contributed by atoms with Crippen LogP contribution in [0.3, 0.4) is 0 Å². The van der Waals surface area contributed by atoms with Crippen LogP contribution in [0, 0.1) is 5.92 Å². The number of benzene rings is 1. The molecule has 1 aromatic rings. The maximum absolute atomic E-state index is 12.0. The predicted octanol–water partition coefficient (Wildman–Crippen LogP) is 2.41. The minimum atomic E-state index is -0.420. The molecule has 0 bridgehead atoms. The highest BCUT2D eigenvalue weighted by Gasteiger charge is 2.34. The Kier molecular flexibility index (Phi) is 3.66. The largest absolute Gasteiger partial charge is 0.371 e. The first kappa shape index (κ1) is 13.4. The van der Waals surface area contributed by atoms with Gasteiger partial charge in [0.2, 0.25) is 11.1 Å². The summed E-state index contributed by atoms with van der Waals surface area (Å²) in [5.41, 5.74) is 2.01. The summed E-state index contributed by atoms with van der Waals surface area (Å²) >= 11 is 5.51. The fourth-order valence-electron chi connectivity index (χ4n) is 2.94. The summed E-state index contributed by atoms with van der Waals surface area (Å²) in [6.07, 6.45) is 2.65. The van der Waals surface area contributed by atoms with Crippen molar-refractivity contribution < 1.29 is 9.59 Å². The van der Waals surface area contributed by atoms with Gasteiger partial charge in [0.05, 0.1) is 5.92 Å². The van der Waals surface area contributed by atoms with Gasteiger partial charge in [0.25, 0.3) is 0 Å². The third-order valence-corrected chi connectivity index (χ3v) is 4.37. The maximum atomic E-state index is 12.0. The molecule has 0 saturated carbocycles. The van der Waals surface area contributed by atoms with Crippen LogP contribution in [-0.2, 0) is 9.59 Å². The van der Waals surface area contributed by atoms with Crippen LogP contribution in [0.1, 0.15) is 19.3 Å². The van der Waals surface area contributed by atoms with Crippen molar-refractivity contribution in [2.45, 2.75) is 19.3 Å². The summed E-state index contributed by atoms with van der Waals surface area (Å²) in [6, 6.07) is 7.98. The van der Waals surface area contributed by atoms with Gasteiger partial charge >= 0.3 is 0 Å². The van der Waals surface area contributed by atoms with Gasteiger partial charge in [0.15, 0.2) is 0 Å². The second kappa shape index (κ2) is 5.44. The fraction of sp³-hybridized carbons (Fsp3) is 0.467. The Labute approximate surface area is 123 Å². The van der Waals surface area contributed by atoms with E-state index in [0.717, 1.165) is 24.5 Å². The van der Waals surface area contributed by atoms with E-state index >= 15 is 0 Å². The van der Waals surface area contributed by atoms with E-state index in [2.05, 4.69) is 11.0 Å². The summed E-state index contributed by atoms with van der Waals surface area (Å²) in [5.74, 6) is -0.401. The van der Waals surface area contributed by atoms with Crippen molar-refractivity contribution in [2.24, 2.45) is 5.92 Å². The molecule has 2 heterocycles. The second-order valence-corrected chi connectivity index (χ2v) is 5.80. The lowest BCUT2D eigenvalue weighted by Crippen LogP contribution is -2.25. The zero-order chi connectivity index (χ0) is 14.1. The number of rotatable bonds is 3. The highest BCUT2D eigenvalue weighted by molar-refractivity contribution is 6.64. The molecular formula is C15H17ClN2O2. The SMILES string of the molecule is O=C(Cl)C1CC(=O)N(c2cccc(N3CCCC3)c2)C1. The first-order valence-corrected chi connectivity index (χ1v) is 7.37. The Bertz CT molecular complexity index is 540. The van der Waals surface area contributed by atoms with Crippen LogP contribution in [-0.4, -0.2) is 30.8 Å². The molecule has 3 rings (SSSR count). The second-order valence-electron chi connectivity index (χ2n) is 5.42. The topological polar surface area (TPSA) is 40.6 Å². The van der Waals surface area contributed by atoms with Crippen LogP contribution >= 0.6 is 11.6 Å². The van der Waals surface area contributed by atoms with Crippen LogP contribution in [0.2, 0.25) is 0 Å². The van der Waals surface area contributed by atoms with Gasteiger partial charge in [-0.15, -0.1) is 0 Å². The zero-order valence-corrected chi connectivity index (χ0v) is 12.0. The highest BCUT2D eigenvalue weighted by Crippen LogP contribution is 2.30. The standard InChI is InChI=1S/C15H17ClN2O2/c16-15(20)11-8-14(19)18(10-11)13-5-3-4-12(9-13)17-6-1-2-7-17/h3-5,9,11H,1-2,6-8,10H2. The van der Waals surface area contributed by atoms with E-state index in [9.17, 15) is 9.59 Å². The van der Waals surface area contributed by atoms with Crippen LogP contribution in [0.15, 0.2) is 24.3 Å². The fourth-order valence-corrected chi connectivity index (χ4v) is 3.09. The maximum Gasteiger partial charge on any atom is 0.227 e. The number of halogens is 1. The number of carbonyl (C=O) groups excluding carboxylic acids is 2. The van der Waals surface area contributed by atoms with Crippen LogP contribution in [0.25, 0.3) is 0 Å². The summed E-state index contributed by atoms with van der Waals surface area (Å²) in [5, 5.41) is -0.420. The lowest BCUT2D eigenvalue weighted by molar-refractivity contribution is -0.120. The normalized spacial score (nSPS) is 22.6.